The van der Waals surface area contributed by atoms with Gasteiger partial charge in [0.15, 0.2) is 0 Å². The van der Waals surface area contributed by atoms with E-state index < -0.39 is 0 Å². The normalized spacial score (nSPS) is 21.2. The lowest BCUT2D eigenvalue weighted by molar-refractivity contribution is -0.121. The number of amides is 1. The second kappa shape index (κ2) is 6.16. The molecule has 1 unspecified atom stereocenters. The minimum atomic E-state index is 0.117. The van der Waals surface area contributed by atoms with E-state index in [0.29, 0.717) is 13.0 Å². The SMILES string of the molecule is C=C(Br)CN1CCNC(=O)CC1c1ccccc1. The van der Waals surface area contributed by atoms with Crippen molar-refractivity contribution in [1.29, 1.82) is 0 Å². The minimum absolute atomic E-state index is 0.117. The van der Waals surface area contributed by atoms with E-state index in [0.717, 1.165) is 17.6 Å². The van der Waals surface area contributed by atoms with Crippen molar-refractivity contribution in [2.24, 2.45) is 0 Å². The van der Waals surface area contributed by atoms with Crippen LogP contribution >= 0.6 is 15.9 Å². The number of carbonyl (C=O) groups is 1. The Morgan fingerprint density at radius 2 is 2.17 bits per heavy atom. The molecule has 1 amide bonds. The summed E-state index contributed by atoms with van der Waals surface area (Å²) in [4.78, 5) is 14.0. The first-order chi connectivity index (χ1) is 8.66. The van der Waals surface area contributed by atoms with Crippen molar-refractivity contribution in [3.63, 3.8) is 0 Å². The molecule has 0 aliphatic carbocycles. The van der Waals surface area contributed by atoms with E-state index in [1.165, 1.54) is 5.56 Å². The van der Waals surface area contributed by atoms with Crippen LogP contribution in [0, 0.1) is 0 Å². The highest BCUT2D eigenvalue weighted by Crippen LogP contribution is 2.26. The van der Waals surface area contributed by atoms with Gasteiger partial charge in [0.1, 0.15) is 0 Å². The van der Waals surface area contributed by atoms with Gasteiger partial charge in [-0.15, -0.1) is 0 Å². The molecule has 0 saturated carbocycles. The molecule has 0 aromatic heterocycles. The lowest BCUT2D eigenvalue weighted by Crippen LogP contribution is -2.31. The van der Waals surface area contributed by atoms with Gasteiger partial charge in [-0.05, 0) is 5.56 Å². The average molecular weight is 309 g/mol. The molecule has 96 valence electrons. The van der Waals surface area contributed by atoms with E-state index in [2.05, 4.69) is 44.9 Å². The summed E-state index contributed by atoms with van der Waals surface area (Å²) >= 11 is 3.41. The number of halogens is 1. The summed E-state index contributed by atoms with van der Waals surface area (Å²) in [5.41, 5.74) is 1.18. The Morgan fingerprint density at radius 1 is 1.44 bits per heavy atom. The first-order valence-electron chi connectivity index (χ1n) is 6.06. The van der Waals surface area contributed by atoms with Gasteiger partial charge in [0.05, 0.1) is 0 Å². The van der Waals surface area contributed by atoms with Gasteiger partial charge in [0.2, 0.25) is 5.91 Å². The van der Waals surface area contributed by atoms with Crippen LogP contribution in [0.2, 0.25) is 0 Å². The third-order valence-corrected chi connectivity index (χ3v) is 3.35. The lowest BCUT2D eigenvalue weighted by Gasteiger charge is -2.29. The fourth-order valence-corrected chi connectivity index (χ4v) is 2.61. The Bertz CT molecular complexity index is 433. The Balaban J connectivity index is 2.24. The van der Waals surface area contributed by atoms with Gasteiger partial charge in [0.25, 0.3) is 0 Å². The zero-order valence-electron chi connectivity index (χ0n) is 10.2. The van der Waals surface area contributed by atoms with Crippen LogP contribution in [0.25, 0.3) is 0 Å². The molecule has 3 nitrogen and oxygen atoms in total. The molecular weight excluding hydrogens is 292 g/mol. The number of carbonyl (C=O) groups excluding carboxylic acids is 1. The highest BCUT2D eigenvalue weighted by Gasteiger charge is 2.25. The maximum absolute atomic E-state index is 11.7. The van der Waals surface area contributed by atoms with Gasteiger partial charge in [-0.2, -0.15) is 0 Å². The summed E-state index contributed by atoms with van der Waals surface area (Å²) in [6, 6.07) is 10.3. The van der Waals surface area contributed by atoms with Crippen molar-refractivity contribution in [2.45, 2.75) is 12.5 Å². The first kappa shape index (κ1) is 13.3. The number of nitrogens with one attached hydrogen (secondary N) is 1. The molecule has 1 saturated heterocycles. The topological polar surface area (TPSA) is 32.3 Å². The molecule has 1 aliphatic rings. The molecule has 0 radical (unpaired) electrons. The molecular formula is C14H17BrN2O. The van der Waals surface area contributed by atoms with Crippen molar-refractivity contribution in [2.75, 3.05) is 19.6 Å². The molecule has 1 aromatic rings. The maximum Gasteiger partial charge on any atom is 0.221 e. The van der Waals surface area contributed by atoms with Gasteiger partial charge >= 0.3 is 0 Å². The Morgan fingerprint density at radius 3 is 2.83 bits per heavy atom. The van der Waals surface area contributed by atoms with Crippen LogP contribution in [-0.2, 0) is 4.79 Å². The molecule has 1 N–H and O–H groups in total. The van der Waals surface area contributed by atoms with Crippen molar-refractivity contribution >= 4 is 21.8 Å². The first-order valence-corrected chi connectivity index (χ1v) is 6.85. The Labute approximate surface area is 116 Å². The second-order valence-corrected chi connectivity index (χ2v) is 5.59. The van der Waals surface area contributed by atoms with Gasteiger partial charge in [-0.1, -0.05) is 52.8 Å². The highest BCUT2D eigenvalue weighted by atomic mass is 79.9. The van der Waals surface area contributed by atoms with Gasteiger partial charge in [-0.3, -0.25) is 9.69 Å². The van der Waals surface area contributed by atoms with E-state index in [1.807, 2.05) is 18.2 Å². The summed E-state index contributed by atoms with van der Waals surface area (Å²) < 4.78 is 0.942. The molecule has 2 rings (SSSR count). The number of rotatable bonds is 3. The van der Waals surface area contributed by atoms with Crippen LogP contribution < -0.4 is 5.32 Å². The predicted molar refractivity (Wildman–Crippen MR) is 76.4 cm³/mol. The van der Waals surface area contributed by atoms with Gasteiger partial charge in [0, 0.05) is 36.6 Å². The molecule has 1 fully saturated rings. The smallest absolute Gasteiger partial charge is 0.221 e. The summed E-state index contributed by atoms with van der Waals surface area (Å²) in [6.45, 7) is 6.20. The van der Waals surface area contributed by atoms with Crippen LogP contribution in [0.5, 0.6) is 0 Å². The monoisotopic (exact) mass is 308 g/mol. The zero-order chi connectivity index (χ0) is 13.0. The van der Waals surface area contributed by atoms with Crippen LogP contribution in [0.3, 0.4) is 0 Å². The molecule has 1 aromatic carbocycles. The Kier molecular flexibility index (Phi) is 4.55. The van der Waals surface area contributed by atoms with Crippen molar-refractivity contribution in [3.8, 4) is 0 Å². The molecule has 4 heteroatoms. The van der Waals surface area contributed by atoms with Gasteiger partial charge < -0.3 is 5.32 Å². The average Bonchev–Trinajstić information content (AvgIpc) is 2.52. The van der Waals surface area contributed by atoms with Crippen LogP contribution in [0.1, 0.15) is 18.0 Å². The second-order valence-electron chi connectivity index (χ2n) is 4.47. The summed E-state index contributed by atoms with van der Waals surface area (Å²) in [5, 5.41) is 2.92. The maximum atomic E-state index is 11.7. The zero-order valence-corrected chi connectivity index (χ0v) is 11.8. The van der Waals surface area contributed by atoms with Crippen LogP contribution in [-0.4, -0.2) is 30.4 Å². The van der Waals surface area contributed by atoms with E-state index in [4.69, 9.17) is 0 Å². The molecule has 0 bridgehead atoms. The third-order valence-electron chi connectivity index (χ3n) is 3.10. The quantitative estimate of drug-likeness (QED) is 0.930. The molecule has 18 heavy (non-hydrogen) atoms. The number of nitrogens with zero attached hydrogens (tertiary/aromatic N) is 1. The predicted octanol–water partition coefficient (Wildman–Crippen LogP) is 2.46. The van der Waals surface area contributed by atoms with E-state index in [1.54, 1.807) is 0 Å². The van der Waals surface area contributed by atoms with E-state index in [9.17, 15) is 4.79 Å². The fraction of sp³-hybridized carbons (Fsp3) is 0.357. The summed E-state index contributed by atoms with van der Waals surface area (Å²) in [5.74, 6) is 0.117. The number of hydrogen-bond donors (Lipinski definition) is 1. The molecule has 1 atom stereocenters. The molecule has 0 spiro atoms. The summed E-state index contributed by atoms with van der Waals surface area (Å²) in [6.07, 6.45) is 0.504. The molecule has 1 aliphatic heterocycles. The number of hydrogen-bond acceptors (Lipinski definition) is 2. The van der Waals surface area contributed by atoms with Crippen molar-refractivity contribution < 1.29 is 4.79 Å². The standard InChI is InChI=1S/C14H17BrN2O/c1-11(15)10-17-8-7-16-14(18)9-13(17)12-5-3-2-4-6-12/h2-6,13H,1,7-10H2,(H,16,18). The van der Waals surface area contributed by atoms with Crippen molar-refractivity contribution in [3.05, 3.63) is 47.0 Å². The molecule has 1 heterocycles. The van der Waals surface area contributed by atoms with Gasteiger partial charge in [-0.25, -0.2) is 0 Å². The third kappa shape index (κ3) is 3.43. The van der Waals surface area contributed by atoms with Crippen molar-refractivity contribution in [1.82, 2.24) is 10.2 Å². The van der Waals surface area contributed by atoms with E-state index >= 15 is 0 Å². The fourth-order valence-electron chi connectivity index (χ4n) is 2.29. The minimum Gasteiger partial charge on any atom is -0.355 e. The van der Waals surface area contributed by atoms with Crippen LogP contribution in [0.15, 0.2) is 41.4 Å². The highest BCUT2D eigenvalue weighted by molar-refractivity contribution is 9.11. The number of benzene rings is 1. The summed E-state index contributed by atoms with van der Waals surface area (Å²) in [7, 11) is 0. The van der Waals surface area contributed by atoms with E-state index in [-0.39, 0.29) is 11.9 Å². The largest absolute Gasteiger partial charge is 0.355 e. The lowest BCUT2D eigenvalue weighted by atomic mass is 10.0. The van der Waals surface area contributed by atoms with Crippen LogP contribution in [0.4, 0.5) is 0 Å². The Hall–Kier alpha value is -1.13.